The van der Waals surface area contributed by atoms with Gasteiger partial charge in [0.25, 0.3) is 0 Å². The second kappa shape index (κ2) is 7.91. The fourth-order valence-electron chi connectivity index (χ4n) is 2.83. The van der Waals surface area contributed by atoms with Crippen LogP contribution in [0.15, 0.2) is 28.7 Å². The molecule has 106 valence electrons. The average Bonchev–Trinajstić information content (AvgIpc) is 2.70. The molecule has 0 amide bonds. The summed E-state index contributed by atoms with van der Waals surface area (Å²) >= 11 is 3.46. The molecule has 0 saturated heterocycles. The summed E-state index contributed by atoms with van der Waals surface area (Å²) in [4.78, 5) is 2.54. The van der Waals surface area contributed by atoms with Crippen molar-refractivity contribution in [2.75, 3.05) is 25.5 Å². The predicted octanol–water partition coefficient (Wildman–Crippen LogP) is 4.52. The van der Waals surface area contributed by atoms with Gasteiger partial charge < -0.3 is 10.2 Å². The number of hydrogen-bond acceptors (Lipinski definition) is 2. The fraction of sp³-hybridized carbons (Fsp3) is 0.625. The second-order valence-corrected chi connectivity index (χ2v) is 6.48. The minimum absolute atomic E-state index is 0.800. The molecule has 0 radical (unpaired) electrons. The summed E-state index contributed by atoms with van der Waals surface area (Å²) in [6.45, 7) is 2.15. The third-order valence-corrected chi connectivity index (χ3v) is 4.61. The Balaban J connectivity index is 1.70. The Hall–Kier alpha value is -0.540. The third-order valence-electron chi connectivity index (χ3n) is 4.09. The van der Waals surface area contributed by atoms with E-state index in [4.69, 9.17) is 0 Å². The van der Waals surface area contributed by atoms with Gasteiger partial charge in [0.15, 0.2) is 0 Å². The van der Waals surface area contributed by atoms with Gasteiger partial charge in [-0.2, -0.15) is 0 Å². The van der Waals surface area contributed by atoms with Gasteiger partial charge in [0, 0.05) is 29.3 Å². The molecule has 1 N–H and O–H groups in total. The van der Waals surface area contributed by atoms with Gasteiger partial charge in [-0.05, 0) is 44.2 Å². The molecule has 2 rings (SSSR count). The topological polar surface area (TPSA) is 15.3 Å². The molecule has 1 aromatic carbocycles. The van der Waals surface area contributed by atoms with E-state index in [1.54, 1.807) is 0 Å². The maximum Gasteiger partial charge on any atom is 0.0341 e. The van der Waals surface area contributed by atoms with Crippen molar-refractivity contribution in [3.8, 4) is 0 Å². The van der Waals surface area contributed by atoms with Crippen LogP contribution in [0.3, 0.4) is 0 Å². The molecule has 1 aliphatic rings. The van der Waals surface area contributed by atoms with E-state index in [-0.39, 0.29) is 0 Å². The number of halogens is 1. The third kappa shape index (κ3) is 5.15. The highest BCUT2D eigenvalue weighted by atomic mass is 79.9. The Morgan fingerprint density at radius 3 is 2.37 bits per heavy atom. The summed E-state index contributed by atoms with van der Waals surface area (Å²) < 4.78 is 1.13. The van der Waals surface area contributed by atoms with E-state index in [9.17, 15) is 0 Å². The Morgan fingerprint density at radius 2 is 1.74 bits per heavy atom. The van der Waals surface area contributed by atoms with Crippen molar-refractivity contribution < 1.29 is 0 Å². The number of nitrogens with zero attached hydrogens (tertiary/aromatic N) is 1. The van der Waals surface area contributed by atoms with Crippen molar-refractivity contribution >= 4 is 21.6 Å². The molecule has 19 heavy (non-hydrogen) atoms. The molecule has 1 aliphatic carbocycles. The molecule has 0 atom stereocenters. The Bertz CT molecular complexity index is 356. The lowest BCUT2D eigenvalue weighted by Gasteiger charge is -2.27. The highest BCUT2D eigenvalue weighted by Gasteiger charge is 2.16. The first-order chi connectivity index (χ1) is 9.25. The molecule has 0 bridgehead atoms. The summed E-state index contributed by atoms with van der Waals surface area (Å²) in [5.74, 6) is 0. The van der Waals surface area contributed by atoms with Gasteiger partial charge in [-0.3, -0.25) is 0 Å². The van der Waals surface area contributed by atoms with Gasteiger partial charge in [0.1, 0.15) is 0 Å². The van der Waals surface area contributed by atoms with Crippen LogP contribution in [0.5, 0.6) is 0 Å². The van der Waals surface area contributed by atoms with Gasteiger partial charge in [-0.1, -0.05) is 41.6 Å². The number of benzene rings is 1. The van der Waals surface area contributed by atoms with Crippen molar-refractivity contribution in [3.63, 3.8) is 0 Å². The van der Waals surface area contributed by atoms with E-state index in [0.717, 1.165) is 23.6 Å². The van der Waals surface area contributed by atoms with Crippen LogP contribution in [0, 0.1) is 0 Å². The quantitative estimate of drug-likeness (QED) is 0.801. The normalized spacial score (nSPS) is 17.4. The summed E-state index contributed by atoms with van der Waals surface area (Å²) in [5, 5.41) is 3.49. The number of rotatable bonds is 5. The van der Waals surface area contributed by atoms with Crippen molar-refractivity contribution in [2.24, 2.45) is 0 Å². The van der Waals surface area contributed by atoms with Crippen LogP contribution in [-0.4, -0.2) is 31.1 Å². The molecule has 2 nitrogen and oxygen atoms in total. The van der Waals surface area contributed by atoms with Crippen LogP contribution < -0.4 is 5.32 Å². The minimum atomic E-state index is 0.800. The van der Waals surface area contributed by atoms with Crippen LogP contribution in [0.1, 0.15) is 38.5 Å². The van der Waals surface area contributed by atoms with Gasteiger partial charge in [0.05, 0.1) is 0 Å². The zero-order chi connectivity index (χ0) is 13.5. The van der Waals surface area contributed by atoms with Gasteiger partial charge in [0.2, 0.25) is 0 Å². The molecule has 0 spiro atoms. The molecule has 0 aliphatic heterocycles. The molecule has 0 unspecified atom stereocenters. The largest absolute Gasteiger partial charge is 0.384 e. The van der Waals surface area contributed by atoms with Crippen molar-refractivity contribution in [1.29, 1.82) is 0 Å². The maximum atomic E-state index is 3.49. The van der Waals surface area contributed by atoms with Crippen molar-refractivity contribution in [1.82, 2.24) is 4.90 Å². The summed E-state index contributed by atoms with van der Waals surface area (Å²) in [7, 11) is 2.28. The number of anilines is 1. The molecular weight excluding hydrogens is 300 g/mol. The standard InChI is InChI=1S/C16H25BrN2/c1-19(16-6-4-2-3-5-7-16)13-12-18-15-10-8-14(17)9-11-15/h8-11,16,18H,2-7,12-13H2,1H3. The summed E-state index contributed by atoms with van der Waals surface area (Å²) in [6, 6.07) is 9.20. The highest BCUT2D eigenvalue weighted by Crippen LogP contribution is 2.21. The first kappa shape index (κ1) is 14.9. The van der Waals surface area contributed by atoms with E-state index in [0.29, 0.717) is 0 Å². The lowest BCUT2D eigenvalue weighted by Crippen LogP contribution is -2.34. The minimum Gasteiger partial charge on any atom is -0.384 e. The molecule has 1 fully saturated rings. The Labute approximate surface area is 125 Å². The molecule has 0 aromatic heterocycles. The van der Waals surface area contributed by atoms with E-state index < -0.39 is 0 Å². The van der Waals surface area contributed by atoms with Crippen LogP contribution in [-0.2, 0) is 0 Å². The highest BCUT2D eigenvalue weighted by molar-refractivity contribution is 9.10. The van der Waals surface area contributed by atoms with E-state index in [1.165, 1.54) is 44.2 Å². The Morgan fingerprint density at radius 1 is 1.11 bits per heavy atom. The van der Waals surface area contributed by atoms with Crippen molar-refractivity contribution in [3.05, 3.63) is 28.7 Å². The maximum absolute atomic E-state index is 3.49. The summed E-state index contributed by atoms with van der Waals surface area (Å²) in [5.41, 5.74) is 1.21. The smallest absolute Gasteiger partial charge is 0.0341 e. The summed E-state index contributed by atoms with van der Waals surface area (Å²) in [6.07, 6.45) is 8.46. The van der Waals surface area contributed by atoms with Crippen LogP contribution in [0.2, 0.25) is 0 Å². The SMILES string of the molecule is CN(CCNc1ccc(Br)cc1)C1CCCCCC1. The van der Waals surface area contributed by atoms with Crippen LogP contribution in [0.4, 0.5) is 5.69 Å². The molecule has 0 heterocycles. The van der Waals surface area contributed by atoms with Gasteiger partial charge in [-0.25, -0.2) is 0 Å². The number of nitrogens with one attached hydrogen (secondary N) is 1. The first-order valence-corrected chi connectivity index (χ1v) is 8.25. The van der Waals surface area contributed by atoms with Gasteiger partial charge in [-0.15, -0.1) is 0 Å². The molecule has 3 heteroatoms. The van der Waals surface area contributed by atoms with Crippen molar-refractivity contribution in [2.45, 2.75) is 44.6 Å². The monoisotopic (exact) mass is 324 g/mol. The van der Waals surface area contributed by atoms with E-state index in [1.807, 2.05) is 0 Å². The zero-order valence-corrected chi connectivity index (χ0v) is 13.5. The Kier molecular flexibility index (Phi) is 6.18. The van der Waals surface area contributed by atoms with Gasteiger partial charge >= 0.3 is 0 Å². The predicted molar refractivity (Wildman–Crippen MR) is 86.8 cm³/mol. The number of hydrogen-bond donors (Lipinski definition) is 1. The van der Waals surface area contributed by atoms with Crippen LogP contribution >= 0.6 is 15.9 Å². The first-order valence-electron chi connectivity index (χ1n) is 7.45. The molecule has 1 saturated carbocycles. The zero-order valence-electron chi connectivity index (χ0n) is 11.9. The van der Waals surface area contributed by atoms with Crippen LogP contribution in [0.25, 0.3) is 0 Å². The van der Waals surface area contributed by atoms with E-state index in [2.05, 4.69) is 57.5 Å². The second-order valence-electron chi connectivity index (χ2n) is 5.56. The molecule has 1 aromatic rings. The lowest BCUT2D eigenvalue weighted by atomic mass is 10.1. The lowest BCUT2D eigenvalue weighted by molar-refractivity contribution is 0.229. The van der Waals surface area contributed by atoms with E-state index >= 15 is 0 Å². The molecular formula is C16H25BrN2. The number of likely N-dealkylation sites (N-methyl/N-ethyl adjacent to an activating group) is 1. The average molecular weight is 325 g/mol. The fourth-order valence-corrected chi connectivity index (χ4v) is 3.09.